The standard InChI is InChI=1S/C14H13N3O2S/c1-2-17(14-16-8-11(20-14)13(18)19)10-5-3-4-9-6-7-15-12(9)10/h3-8,15H,2H2,1H3,(H,18,19). The van der Waals surface area contributed by atoms with Gasteiger partial charge < -0.3 is 15.0 Å². The lowest BCUT2D eigenvalue weighted by molar-refractivity contribution is 0.0702. The molecule has 0 aliphatic carbocycles. The van der Waals surface area contributed by atoms with Gasteiger partial charge in [-0.1, -0.05) is 23.5 Å². The predicted octanol–water partition coefficient (Wildman–Crippen LogP) is 3.48. The number of thiazole rings is 1. The summed E-state index contributed by atoms with van der Waals surface area (Å²) in [4.78, 5) is 20.7. The molecule has 0 saturated carbocycles. The van der Waals surface area contributed by atoms with Crippen LogP contribution in [0.3, 0.4) is 0 Å². The molecule has 0 radical (unpaired) electrons. The number of nitrogens with one attached hydrogen (secondary N) is 1. The van der Waals surface area contributed by atoms with E-state index in [-0.39, 0.29) is 4.88 Å². The third-order valence-corrected chi connectivity index (χ3v) is 4.12. The van der Waals surface area contributed by atoms with Crippen LogP contribution in [0.2, 0.25) is 0 Å². The lowest BCUT2D eigenvalue weighted by atomic mass is 10.2. The number of anilines is 2. The maximum Gasteiger partial charge on any atom is 0.347 e. The van der Waals surface area contributed by atoms with Crippen LogP contribution in [0.15, 0.2) is 36.7 Å². The van der Waals surface area contributed by atoms with Crippen molar-refractivity contribution in [2.24, 2.45) is 0 Å². The Kier molecular flexibility index (Phi) is 3.15. The summed E-state index contributed by atoms with van der Waals surface area (Å²) < 4.78 is 0. The van der Waals surface area contributed by atoms with Gasteiger partial charge in [-0.15, -0.1) is 0 Å². The average molecular weight is 287 g/mol. The highest BCUT2D eigenvalue weighted by molar-refractivity contribution is 7.17. The Hall–Kier alpha value is -2.34. The minimum absolute atomic E-state index is 0.247. The molecular formula is C14H13N3O2S. The van der Waals surface area contributed by atoms with Gasteiger partial charge in [0.2, 0.25) is 0 Å². The van der Waals surface area contributed by atoms with Gasteiger partial charge in [-0.2, -0.15) is 0 Å². The van der Waals surface area contributed by atoms with Crippen molar-refractivity contribution in [3.05, 3.63) is 41.5 Å². The van der Waals surface area contributed by atoms with Crippen LogP contribution >= 0.6 is 11.3 Å². The predicted molar refractivity (Wildman–Crippen MR) is 80.1 cm³/mol. The van der Waals surface area contributed by atoms with E-state index in [9.17, 15) is 4.79 Å². The Morgan fingerprint density at radius 1 is 1.45 bits per heavy atom. The number of aromatic amines is 1. The van der Waals surface area contributed by atoms with E-state index in [1.807, 2.05) is 42.3 Å². The second kappa shape index (κ2) is 4.97. The number of nitrogens with zero attached hydrogens (tertiary/aromatic N) is 2. The van der Waals surface area contributed by atoms with Crippen LogP contribution in [0.4, 0.5) is 10.8 Å². The average Bonchev–Trinajstić information content (AvgIpc) is 3.08. The summed E-state index contributed by atoms with van der Waals surface area (Å²) in [6.07, 6.45) is 3.30. The Morgan fingerprint density at radius 2 is 2.30 bits per heavy atom. The van der Waals surface area contributed by atoms with Gasteiger partial charge in [0.25, 0.3) is 0 Å². The highest BCUT2D eigenvalue weighted by Gasteiger charge is 2.16. The number of para-hydroxylation sites is 1. The topological polar surface area (TPSA) is 69.2 Å². The van der Waals surface area contributed by atoms with Crippen molar-refractivity contribution < 1.29 is 9.90 Å². The Bertz CT molecular complexity index is 762. The Labute approximate surface area is 119 Å². The SMILES string of the molecule is CCN(c1ncc(C(=O)O)s1)c1cccc2cc[nH]c12. The first kappa shape index (κ1) is 12.7. The third kappa shape index (κ3) is 2.04. The minimum Gasteiger partial charge on any atom is -0.477 e. The first-order valence-corrected chi connectivity index (χ1v) is 7.05. The number of benzene rings is 1. The van der Waals surface area contributed by atoms with Gasteiger partial charge in [0.15, 0.2) is 5.13 Å². The van der Waals surface area contributed by atoms with Crippen molar-refractivity contribution in [1.29, 1.82) is 0 Å². The molecule has 0 fully saturated rings. The smallest absolute Gasteiger partial charge is 0.347 e. The first-order chi connectivity index (χ1) is 9.70. The van der Waals surface area contributed by atoms with Crippen molar-refractivity contribution in [2.75, 3.05) is 11.4 Å². The van der Waals surface area contributed by atoms with Gasteiger partial charge in [-0.25, -0.2) is 9.78 Å². The van der Waals surface area contributed by atoms with E-state index in [2.05, 4.69) is 9.97 Å². The second-order valence-corrected chi connectivity index (χ2v) is 5.28. The molecule has 2 aromatic heterocycles. The van der Waals surface area contributed by atoms with Crippen LogP contribution in [0.5, 0.6) is 0 Å². The second-order valence-electron chi connectivity index (χ2n) is 4.28. The Balaban J connectivity index is 2.08. The van der Waals surface area contributed by atoms with Crippen LogP contribution in [0.1, 0.15) is 16.6 Å². The fourth-order valence-electron chi connectivity index (χ4n) is 2.19. The van der Waals surface area contributed by atoms with Gasteiger partial charge in [0.1, 0.15) is 4.88 Å². The van der Waals surface area contributed by atoms with Crippen molar-refractivity contribution in [1.82, 2.24) is 9.97 Å². The van der Waals surface area contributed by atoms with Crippen LogP contribution in [-0.4, -0.2) is 27.6 Å². The minimum atomic E-state index is -0.942. The summed E-state index contributed by atoms with van der Waals surface area (Å²) in [5.41, 5.74) is 2.03. The molecule has 0 atom stereocenters. The van der Waals surface area contributed by atoms with E-state index in [1.54, 1.807) is 0 Å². The molecule has 0 aliphatic heterocycles. The summed E-state index contributed by atoms with van der Waals surface area (Å²) in [5.74, 6) is -0.942. The molecule has 3 aromatic rings. The molecule has 0 bridgehead atoms. The highest BCUT2D eigenvalue weighted by atomic mass is 32.1. The highest BCUT2D eigenvalue weighted by Crippen LogP contribution is 2.33. The summed E-state index contributed by atoms with van der Waals surface area (Å²) >= 11 is 1.18. The first-order valence-electron chi connectivity index (χ1n) is 6.23. The summed E-state index contributed by atoms with van der Waals surface area (Å²) in [5, 5.41) is 10.8. The van der Waals surface area contributed by atoms with Crippen LogP contribution in [0.25, 0.3) is 10.9 Å². The van der Waals surface area contributed by atoms with Crippen molar-refractivity contribution in [3.63, 3.8) is 0 Å². The molecule has 2 N–H and O–H groups in total. The fourth-order valence-corrected chi connectivity index (χ4v) is 3.02. The van der Waals surface area contributed by atoms with E-state index in [1.165, 1.54) is 17.5 Å². The molecule has 20 heavy (non-hydrogen) atoms. The summed E-state index contributed by atoms with van der Waals surface area (Å²) in [6.45, 7) is 2.73. The monoisotopic (exact) mass is 287 g/mol. The maximum atomic E-state index is 11.0. The number of H-pyrrole nitrogens is 1. The van der Waals surface area contributed by atoms with E-state index in [4.69, 9.17) is 5.11 Å². The number of fused-ring (bicyclic) bond motifs is 1. The van der Waals surface area contributed by atoms with Gasteiger partial charge in [-0.05, 0) is 19.1 Å². The van der Waals surface area contributed by atoms with Gasteiger partial charge in [-0.3, -0.25) is 0 Å². The number of hydrogen-bond donors (Lipinski definition) is 2. The van der Waals surface area contributed by atoms with Crippen LogP contribution < -0.4 is 4.90 Å². The van der Waals surface area contributed by atoms with Crippen molar-refractivity contribution >= 4 is 39.0 Å². The van der Waals surface area contributed by atoms with E-state index < -0.39 is 5.97 Å². The zero-order valence-electron chi connectivity index (χ0n) is 10.8. The molecular weight excluding hydrogens is 274 g/mol. The molecule has 0 amide bonds. The summed E-state index contributed by atoms with van der Waals surface area (Å²) in [6, 6.07) is 8.04. The third-order valence-electron chi connectivity index (χ3n) is 3.11. The normalized spacial score (nSPS) is 10.8. The van der Waals surface area contributed by atoms with E-state index in [0.29, 0.717) is 11.7 Å². The number of aromatic carboxylic acids is 1. The van der Waals surface area contributed by atoms with Crippen molar-refractivity contribution in [3.8, 4) is 0 Å². The zero-order chi connectivity index (χ0) is 14.1. The molecule has 2 heterocycles. The molecule has 1 aromatic carbocycles. The number of carboxylic acids is 1. The Morgan fingerprint density at radius 3 is 3.00 bits per heavy atom. The molecule has 5 nitrogen and oxygen atoms in total. The number of rotatable bonds is 4. The quantitative estimate of drug-likeness (QED) is 0.770. The number of aromatic nitrogens is 2. The zero-order valence-corrected chi connectivity index (χ0v) is 11.6. The van der Waals surface area contributed by atoms with Crippen molar-refractivity contribution in [2.45, 2.75) is 6.92 Å². The molecule has 0 aliphatic rings. The van der Waals surface area contributed by atoms with Gasteiger partial charge in [0, 0.05) is 18.1 Å². The molecule has 0 saturated heterocycles. The lowest BCUT2D eigenvalue weighted by Crippen LogP contribution is -2.16. The number of carboxylic acid groups (broad SMARTS) is 1. The fraction of sp³-hybridized carbons (Fsp3) is 0.143. The molecule has 0 unspecified atom stereocenters. The van der Waals surface area contributed by atoms with Gasteiger partial charge in [0.05, 0.1) is 17.4 Å². The van der Waals surface area contributed by atoms with Crippen LogP contribution in [-0.2, 0) is 0 Å². The molecule has 6 heteroatoms. The molecule has 102 valence electrons. The summed E-state index contributed by atoms with van der Waals surface area (Å²) in [7, 11) is 0. The number of carbonyl (C=O) groups is 1. The van der Waals surface area contributed by atoms with E-state index >= 15 is 0 Å². The number of hydrogen-bond acceptors (Lipinski definition) is 4. The lowest BCUT2D eigenvalue weighted by Gasteiger charge is -2.20. The van der Waals surface area contributed by atoms with Gasteiger partial charge >= 0.3 is 5.97 Å². The largest absolute Gasteiger partial charge is 0.477 e. The molecule has 3 rings (SSSR count). The molecule has 0 spiro atoms. The van der Waals surface area contributed by atoms with Crippen LogP contribution in [0, 0.1) is 0 Å². The van der Waals surface area contributed by atoms with E-state index in [0.717, 1.165) is 16.6 Å². The maximum absolute atomic E-state index is 11.0.